The molecule has 0 atom stereocenters. The van der Waals surface area contributed by atoms with Gasteiger partial charge in [0.1, 0.15) is 5.82 Å². The van der Waals surface area contributed by atoms with Crippen LogP contribution in [0.5, 0.6) is 0 Å². The molecular formula is C71H46N2. The molecule has 0 unspecified atom stereocenters. The van der Waals surface area contributed by atoms with Crippen LogP contribution in [-0.2, 0) is 0 Å². The van der Waals surface area contributed by atoms with E-state index in [9.17, 15) is 0 Å². The Morgan fingerprint density at radius 3 is 1.05 bits per heavy atom. The standard InChI is InChI=1S/C71H46N2/c1-4-21-47(22-5-1)49-25-18-27-51(43-49)68-61-37-14-15-38-62(61)70(52-28-19-26-50(44-52)48-23-6-2-7-24-48)64-46-54(41-42-63(64)68)69-59-35-12-10-33-57(59)67(58-34-11-13-36-60(58)69)53-29-20-30-55(45-53)71-72-65-39-16-17-40-66(65)73(71)56-31-8-3-9-32-56/h1-46H. The summed E-state index contributed by atoms with van der Waals surface area (Å²) < 4.78 is 2.29. The molecule has 1 heterocycles. The lowest BCUT2D eigenvalue weighted by atomic mass is 9.82. The first-order chi connectivity index (χ1) is 36.2. The summed E-state index contributed by atoms with van der Waals surface area (Å²) >= 11 is 0. The number of hydrogen-bond acceptors (Lipinski definition) is 1. The molecule has 73 heavy (non-hydrogen) atoms. The minimum absolute atomic E-state index is 0.916. The predicted octanol–water partition coefficient (Wildman–Crippen LogP) is 19.3. The van der Waals surface area contributed by atoms with Crippen LogP contribution in [0.4, 0.5) is 0 Å². The molecule has 0 N–H and O–H groups in total. The van der Waals surface area contributed by atoms with Crippen LogP contribution in [-0.4, -0.2) is 9.55 Å². The van der Waals surface area contributed by atoms with E-state index < -0.39 is 0 Å². The van der Waals surface area contributed by atoms with Crippen molar-refractivity contribution >= 4 is 54.1 Å². The van der Waals surface area contributed by atoms with E-state index in [0.717, 1.165) is 33.7 Å². The average Bonchev–Trinajstić information content (AvgIpc) is 3.86. The Morgan fingerprint density at radius 1 is 0.219 bits per heavy atom. The third-order valence-corrected chi connectivity index (χ3v) is 14.7. The molecule has 0 fully saturated rings. The predicted molar refractivity (Wildman–Crippen MR) is 309 cm³/mol. The van der Waals surface area contributed by atoms with Crippen molar-refractivity contribution in [3.63, 3.8) is 0 Å². The highest BCUT2D eigenvalue weighted by Crippen LogP contribution is 2.49. The molecule has 2 nitrogen and oxygen atoms in total. The van der Waals surface area contributed by atoms with Crippen molar-refractivity contribution in [2.75, 3.05) is 0 Å². The van der Waals surface area contributed by atoms with E-state index in [0.29, 0.717) is 0 Å². The van der Waals surface area contributed by atoms with E-state index in [1.807, 2.05) is 0 Å². The van der Waals surface area contributed by atoms with Gasteiger partial charge in [0.25, 0.3) is 0 Å². The van der Waals surface area contributed by atoms with Gasteiger partial charge in [-0.25, -0.2) is 4.98 Å². The molecule has 0 aliphatic carbocycles. The Labute approximate surface area is 424 Å². The lowest BCUT2D eigenvalue weighted by Gasteiger charge is -2.21. The number of hydrogen-bond donors (Lipinski definition) is 0. The van der Waals surface area contributed by atoms with Crippen molar-refractivity contribution in [2.45, 2.75) is 0 Å². The number of aromatic nitrogens is 2. The monoisotopic (exact) mass is 926 g/mol. The van der Waals surface area contributed by atoms with Crippen LogP contribution in [0.25, 0.3) is 138 Å². The maximum atomic E-state index is 5.27. The van der Waals surface area contributed by atoms with E-state index in [1.54, 1.807) is 0 Å². The molecule has 0 aliphatic heterocycles. The molecule has 14 aromatic rings. The molecule has 0 saturated carbocycles. The number of imidazole rings is 1. The van der Waals surface area contributed by atoms with E-state index in [2.05, 4.69) is 284 Å². The molecular weight excluding hydrogens is 881 g/mol. The van der Waals surface area contributed by atoms with E-state index in [1.165, 1.54) is 104 Å². The van der Waals surface area contributed by atoms with Crippen molar-refractivity contribution in [1.82, 2.24) is 9.55 Å². The van der Waals surface area contributed by atoms with E-state index >= 15 is 0 Å². The minimum atomic E-state index is 0.916. The summed E-state index contributed by atoms with van der Waals surface area (Å²) in [7, 11) is 0. The topological polar surface area (TPSA) is 17.8 Å². The van der Waals surface area contributed by atoms with Gasteiger partial charge in [-0.05, 0) is 158 Å². The van der Waals surface area contributed by atoms with Crippen LogP contribution in [0.3, 0.4) is 0 Å². The minimum Gasteiger partial charge on any atom is -0.292 e. The SMILES string of the molecule is c1ccc(-c2cccc(-c3c4ccccc4c(-c4cccc(-c5ccccc5)c4)c4cc(-c5c6ccccc6c(-c6cccc(-c7nc8ccccc8n7-c7ccccc7)c6)c6ccccc56)ccc34)c2)cc1. The Kier molecular flexibility index (Phi) is 10.2. The highest BCUT2D eigenvalue weighted by molar-refractivity contribution is 6.25. The number of benzene rings is 13. The first-order valence-electron chi connectivity index (χ1n) is 25.1. The fraction of sp³-hybridized carbons (Fsp3) is 0. The van der Waals surface area contributed by atoms with Crippen molar-refractivity contribution in [3.05, 3.63) is 279 Å². The molecule has 0 bridgehead atoms. The summed E-state index contributed by atoms with van der Waals surface area (Å²) in [6.45, 7) is 0. The fourth-order valence-electron chi connectivity index (χ4n) is 11.5. The van der Waals surface area contributed by atoms with Crippen LogP contribution < -0.4 is 0 Å². The normalized spacial score (nSPS) is 11.6. The zero-order chi connectivity index (χ0) is 48.2. The summed E-state index contributed by atoms with van der Waals surface area (Å²) in [5.41, 5.74) is 18.6. The molecule has 13 aromatic carbocycles. The van der Waals surface area contributed by atoms with Gasteiger partial charge in [0, 0.05) is 11.3 Å². The van der Waals surface area contributed by atoms with E-state index in [-0.39, 0.29) is 0 Å². The van der Waals surface area contributed by atoms with Gasteiger partial charge in [0.2, 0.25) is 0 Å². The molecule has 0 aliphatic rings. The largest absolute Gasteiger partial charge is 0.292 e. The fourth-order valence-corrected chi connectivity index (χ4v) is 11.5. The summed E-state index contributed by atoms with van der Waals surface area (Å²) in [4.78, 5) is 5.27. The number of nitrogens with zero attached hydrogens (tertiary/aromatic N) is 2. The molecule has 14 rings (SSSR count). The third-order valence-electron chi connectivity index (χ3n) is 14.7. The lowest BCUT2D eigenvalue weighted by Crippen LogP contribution is -1.97. The van der Waals surface area contributed by atoms with Crippen LogP contribution >= 0.6 is 0 Å². The molecule has 0 radical (unpaired) electrons. The molecule has 0 amide bonds. The summed E-state index contributed by atoms with van der Waals surface area (Å²) in [6, 6.07) is 102. The summed E-state index contributed by atoms with van der Waals surface area (Å²) in [5, 5.41) is 9.72. The molecule has 0 saturated heterocycles. The quantitative estimate of drug-likeness (QED) is 0.139. The maximum absolute atomic E-state index is 5.27. The zero-order valence-electron chi connectivity index (χ0n) is 40.0. The second kappa shape index (κ2) is 17.6. The highest BCUT2D eigenvalue weighted by Gasteiger charge is 2.22. The Balaban J connectivity index is 1.02. The third kappa shape index (κ3) is 7.23. The van der Waals surface area contributed by atoms with Crippen molar-refractivity contribution in [3.8, 4) is 83.8 Å². The van der Waals surface area contributed by atoms with Crippen molar-refractivity contribution < 1.29 is 0 Å². The Morgan fingerprint density at radius 2 is 0.562 bits per heavy atom. The van der Waals surface area contributed by atoms with Crippen LogP contribution in [0.15, 0.2) is 279 Å². The van der Waals surface area contributed by atoms with Gasteiger partial charge in [-0.3, -0.25) is 4.57 Å². The smallest absolute Gasteiger partial charge is 0.145 e. The molecule has 0 spiro atoms. The number of fused-ring (bicyclic) bond motifs is 5. The second-order valence-electron chi connectivity index (χ2n) is 19.0. The van der Waals surface area contributed by atoms with Crippen LogP contribution in [0, 0.1) is 0 Å². The highest BCUT2D eigenvalue weighted by atomic mass is 15.1. The summed E-state index contributed by atoms with van der Waals surface area (Å²) in [6.07, 6.45) is 0. The Hall–Kier alpha value is -9.63. The van der Waals surface area contributed by atoms with Crippen LogP contribution in [0.1, 0.15) is 0 Å². The van der Waals surface area contributed by atoms with Gasteiger partial charge < -0.3 is 0 Å². The van der Waals surface area contributed by atoms with Gasteiger partial charge in [-0.1, -0.05) is 231 Å². The van der Waals surface area contributed by atoms with Gasteiger partial charge in [0.15, 0.2) is 0 Å². The van der Waals surface area contributed by atoms with Crippen LogP contribution in [0.2, 0.25) is 0 Å². The lowest BCUT2D eigenvalue weighted by molar-refractivity contribution is 1.10. The number of rotatable bonds is 8. The average molecular weight is 927 g/mol. The van der Waals surface area contributed by atoms with E-state index in [4.69, 9.17) is 4.98 Å². The summed E-state index contributed by atoms with van der Waals surface area (Å²) in [5.74, 6) is 0.916. The second-order valence-corrected chi connectivity index (χ2v) is 19.0. The van der Waals surface area contributed by atoms with Gasteiger partial charge in [0.05, 0.1) is 11.0 Å². The molecule has 2 heteroatoms. The Bertz CT molecular complexity index is 4360. The van der Waals surface area contributed by atoms with Gasteiger partial charge in [-0.2, -0.15) is 0 Å². The first kappa shape index (κ1) is 42.3. The van der Waals surface area contributed by atoms with Crippen molar-refractivity contribution in [1.29, 1.82) is 0 Å². The first-order valence-corrected chi connectivity index (χ1v) is 25.1. The zero-order valence-corrected chi connectivity index (χ0v) is 40.0. The van der Waals surface area contributed by atoms with Gasteiger partial charge >= 0.3 is 0 Å². The van der Waals surface area contributed by atoms with Gasteiger partial charge in [-0.15, -0.1) is 0 Å². The maximum Gasteiger partial charge on any atom is 0.145 e. The van der Waals surface area contributed by atoms with Crippen molar-refractivity contribution in [2.24, 2.45) is 0 Å². The number of para-hydroxylation sites is 3. The molecule has 1 aromatic heterocycles. The molecule has 340 valence electrons.